The van der Waals surface area contributed by atoms with E-state index in [1.165, 1.54) is 18.3 Å². The lowest BCUT2D eigenvalue weighted by atomic mass is 10.0. The second-order valence-electron chi connectivity index (χ2n) is 4.82. The number of aryl methyl sites for hydroxylation is 1. The van der Waals surface area contributed by atoms with Crippen LogP contribution < -0.4 is 0 Å². The van der Waals surface area contributed by atoms with Gasteiger partial charge in [0.1, 0.15) is 11.6 Å². The molecule has 0 amide bonds. The van der Waals surface area contributed by atoms with Crippen molar-refractivity contribution in [2.75, 3.05) is 0 Å². The van der Waals surface area contributed by atoms with Crippen LogP contribution >= 0.6 is 27.3 Å². The van der Waals surface area contributed by atoms with E-state index < -0.39 is 5.78 Å². The van der Waals surface area contributed by atoms with Crippen LogP contribution in [0.3, 0.4) is 0 Å². The van der Waals surface area contributed by atoms with Gasteiger partial charge in [0, 0.05) is 16.1 Å². The van der Waals surface area contributed by atoms with Crippen LogP contribution in [-0.4, -0.2) is 16.6 Å². The van der Waals surface area contributed by atoms with E-state index in [1.807, 2.05) is 18.2 Å². The Balaban J connectivity index is 2.47. The molecule has 0 fully saturated rings. The molecule has 0 atom stereocenters. The van der Waals surface area contributed by atoms with Crippen LogP contribution in [0.4, 0.5) is 0 Å². The van der Waals surface area contributed by atoms with Crippen LogP contribution in [0.2, 0.25) is 0 Å². The van der Waals surface area contributed by atoms with E-state index in [4.69, 9.17) is 0 Å². The minimum Gasteiger partial charge on any atom is -0.355 e. The predicted molar refractivity (Wildman–Crippen MR) is 90.2 cm³/mol. The Bertz CT molecular complexity index is 837. The zero-order valence-electron chi connectivity index (χ0n) is 12.3. The van der Waals surface area contributed by atoms with E-state index in [-0.39, 0.29) is 11.4 Å². The van der Waals surface area contributed by atoms with E-state index in [1.54, 1.807) is 19.9 Å². The number of halogens is 1. The Morgan fingerprint density at radius 2 is 2.05 bits per heavy atom. The number of rotatable bonds is 4. The van der Waals surface area contributed by atoms with Gasteiger partial charge in [-0.3, -0.25) is 9.59 Å². The molecule has 0 bridgehead atoms. The summed E-state index contributed by atoms with van der Waals surface area (Å²) in [5, 5.41) is 9.28. The smallest absolute Gasteiger partial charge is 0.220 e. The van der Waals surface area contributed by atoms with Crippen molar-refractivity contribution in [2.24, 2.45) is 0 Å². The standard InChI is InChI=1S/C16H13BrN2O2S/c1-8-14(10(3)20)9(2)19-15(8)16(21)11(7-18)6-12-4-5-13(17)22-12/h4-6,19H,1-3H3. The molecule has 0 saturated carbocycles. The Labute approximate surface area is 140 Å². The number of thiophene rings is 1. The summed E-state index contributed by atoms with van der Waals surface area (Å²) in [5.74, 6) is -0.505. The highest BCUT2D eigenvalue weighted by molar-refractivity contribution is 9.11. The number of nitrogens with one attached hydrogen (secondary N) is 1. The third-order valence-electron chi connectivity index (χ3n) is 3.26. The number of nitriles is 1. The lowest BCUT2D eigenvalue weighted by Crippen LogP contribution is -2.05. The normalized spacial score (nSPS) is 11.3. The van der Waals surface area contributed by atoms with Gasteiger partial charge in [-0.05, 0) is 60.5 Å². The van der Waals surface area contributed by atoms with E-state index in [9.17, 15) is 14.9 Å². The van der Waals surface area contributed by atoms with Crippen LogP contribution in [0, 0.1) is 25.2 Å². The summed E-state index contributed by atoms with van der Waals surface area (Å²) >= 11 is 4.78. The van der Waals surface area contributed by atoms with Crippen LogP contribution in [0.15, 0.2) is 21.5 Å². The third-order valence-corrected chi connectivity index (χ3v) is 4.83. The largest absolute Gasteiger partial charge is 0.355 e. The number of carbonyl (C=O) groups excluding carboxylic acids is 2. The fourth-order valence-corrected chi connectivity index (χ4v) is 3.70. The fourth-order valence-electron chi connectivity index (χ4n) is 2.34. The van der Waals surface area contributed by atoms with E-state index >= 15 is 0 Å². The number of aromatic nitrogens is 1. The number of Topliss-reactive ketones (excluding diaryl/α,β-unsaturated/α-hetero) is 2. The molecule has 2 rings (SSSR count). The summed E-state index contributed by atoms with van der Waals surface area (Å²) in [6.07, 6.45) is 1.56. The molecule has 22 heavy (non-hydrogen) atoms. The Hall–Kier alpha value is -1.97. The lowest BCUT2D eigenvalue weighted by molar-refractivity contribution is 0.101. The molecular weight excluding hydrogens is 364 g/mol. The molecule has 6 heteroatoms. The Morgan fingerprint density at radius 3 is 2.50 bits per heavy atom. The van der Waals surface area contributed by atoms with Gasteiger partial charge in [-0.15, -0.1) is 11.3 Å². The number of hydrogen-bond donors (Lipinski definition) is 1. The summed E-state index contributed by atoms with van der Waals surface area (Å²) in [7, 11) is 0. The molecule has 1 N–H and O–H groups in total. The number of nitrogens with zero attached hydrogens (tertiary/aromatic N) is 1. The molecule has 0 aliphatic carbocycles. The molecule has 0 aliphatic rings. The molecule has 0 unspecified atom stereocenters. The monoisotopic (exact) mass is 376 g/mol. The van der Waals surface area contributed by atoms with Gasteiger partial charge in [0.2, 0.25) is 5.78 Å². The average Bonchev–Trinajstić information content (AvgIpc) is 2.98. The van der Waals surface area contributed by atoms with Crippen LogP contribution in [0.1, 0.15) is 43.9 Å². The van der Waals surface area contributed by atoms with Crippen LogP contribution in [0.25, 0.3) is 6.08 Å². The van der Waals surface area contributed by atoms with Gasteiger partial charge in [0.25, 0.3) is 0 Å². The van der Waals surface area contributed by atoms with Crippen LogP contribution in [-0.2, 0) is 0 Å². The number of allylic oxidation sites excluding steroid dienone is 1. The highest BCUT2D eigenvalue weighted by Crippen LogP contribution is 2.26. The van der Waals surface area contributed by atoms with Gasteiger partial charge in [-0.25, -0.2) is 0 Å². The molecule has 112 valence electrons. The zero-order chi connectivity index (χ0) is 16.4. The molecular formula is C16H13BrN2O2S. The van der Waals surface area contributed by atoms with Gasteiger partial charge in [0.15, 0.2) is 5.78 Å². The first kappa shape index (κ1) is 16.4. The van der Waals surface area contributed by atoms with Crippen molar-refractivity contribution in [2.45, 2.75) is 20.8 Å². The van der Waals surface area contributed by atoms with Crippen molar-refractivity contribution in [3.8, 4) is 6.07 Å². The van der Waals surface area contributed by atoms with Crippen molar-refractivity contribution in [1.29, 1.82) is 5.26 Å². The number of aromatic amines is 1. The van der Waals surface area contributed by atoms with Gasteiger partial charge < -0.3 is 4.98 Å². The molecule has 4 nitrogen and oxygen atoms in total. The summed E-state index contributed by atoms with van der Waals surface area (Å²) in [4.78, 5) is 27.9. The topological polar surface area (TPSA) is 73.7 Å². The zero-order valence-corrected chi connectivity index (χ0v) is 14.7. The Morgan fingerprint density at radius 1 is 1.36 bits per heavy atom. The Kier molecular flexibility index (Phi) is 4.79. The predicted octanol–water partition coefficient (Wildman–Crippen LogP) is 4.45. The van der Waals surface area contributed by atoms with Gasteiger partial charge in [0.05, 0.1) is 9.48 Å². The van der Waals surface area contributed by atoms with E-state index in [0.29, 0.717) is 22.5 Å². The molecule has 2 aromatic rings. The SMILES string of the molecule is CC(=O)c1c(C)[nH]c(C(=O)C(C#N)=Cc2ccc(Br)s2)c1C. The van der Waals surface area contributed by atoms with E-state index in [2.05, 4.69) is 20.9 Å². The van der Waals surface area contributed by atoms with Crippen molar-refractivity contribution in [3.63, 3.8) is 0 Å². The van der Waals surface area contributed by atoms with Crippen molar-refractivity contribution >= 4 is 44.9 Å². The molecule has 0 aromatic carbocycles. The van der Waals surface area contributed by atoms with Crippen molar-refractivity contribution in [1.82, 2.24) is 4.98 Å². The quantitative estimate of drug-likeness (QED) is 0.486. The molecule has 0 spiro atoms. The fraction of sp³-hybridized carbons (Fsp3) is 0.188. The maximum absolute atomic E-state index is 12.6. The first-order valence-electron chi connectivity index (χ1n) is 6.47. The first-order chi connectivity index (χ1) is 10.3. The van der Waals surface area contributed by atoms with Gasteiger partial charge >= 0.3 is 0 Å². The van der Waals surface area contributed by atoms with Gasteiger partial charge in [-0.1, -0.05) is 0 Å². The molecule has 2 aromatic heterocycles. The highest BCUT2D eigenvalue weighted by atomic mass is 79.9. The van der Waals surface area contributed by atoms with E-state index in [0.717, 1.165) is 8.66 Å². The third kappa shape index (κ3) is 3.11. The molecule has 0 radical (unpaired) electrons. The number of H-pyrrole nitrogens is 1. The summed E-state index contributed by atoms with van der Waals surface area (Å²) in [5.41, 5.74) is 2.08. The number of carbonyl (C=O) groups is 2. The van der Waals surface area contributed by atoms with Gasteiger partial charge in [-0.2, -0.15) is 5.26 Å². The second-order valence-corrected chi connectivity index (χ2v) is 7.32. The minimum atomic E-state index is -0.403. The maximum Gasteiger partial charge on any atom is 0.220 e. The maximum atomic E-state index is 12.6. The average molecular weight is 377 g/mol. The van der Waals surface area contributed by atoms with Crippen molar-refractivity contribution < 1.29 is 9.59 Å². The molecule has 0 saturated heterocycles. The lowest BCUT2D eigenvalue weighted by Gasteiger charge is -1.99. The minimum absolute atomic E-state index is 0.0359. The first-order valence-corrected chi connectivity index (χ1v) is 8.08. The summed E-state index contributed by atoms with van der Waals surface area (Å²) in [6.45, 7) is 4.92. The summed E-state index contributed by atoms with van der Waals surface area (Å²) < 4.78 is 0.925. The second kappa shape index (κ2) is 6.42. The highest BCUT2D eigenvalue weighted by Gasteiger charge is 2.22. The summed E-state index contributed by atoms with van der Waals surface area (Å²) in [6, 6.07) is 5.62. The molecule has 2 heterocycles. The van der Waals surface area contributed by atoms with Crippen molar-refractivity contribution in [3.05, 3.63) is 48.9 Å². The number of hydrogen-bond acceptors (Lipinski definition) is 4. The van der Waals surface area contributed by atoms with Crippen LogP contribution in [0.5, 0.6) is 0 Å². The number of ketones is 2. The molecule has 0 aliphatic heterocycles.